The van der Waals surface area contributed by atoms with Crippen LogP contribution in [0.25, 0.3) is 6.08 Å². The van der Waals surface area contributed by atoms with Crippen LogP contribution in [0.5, 0.6) is 0 Å². The number of hydrogen-bond donors (Lipinski definition) is 2. The third-order valence-corrected chi connectivity index (χ3v) is 2.94. The van der Waals surface area contributed by atoms with Crippen LogP contribution in [0.15, 0.2) is 30.0 Å². The first-order valence-electron chi connectivity index (χ1n) is 5.44. The number of benzene rings is 1. The number of nitro benzene ring substituents is 1. The Hall–Kier alpha value is -2.37. The molecule has 18 heavy (non-hydrogen) atoms. The largest absolute Gasteiger partial charge is 0.302 e. The summed E-state index contributed by atoms with van der Waals surface area (Å²) in [6.45, 7) is 3.57. The van der Waals surface area contributed by atoms with Crippen molar-refractivity contribution in [1.82, 2.24) is 10.9 Å². The van der Waals surface area contributed by atoms with E-state index in [1.807, 2.05) is 0 Å². The van der Waals surface area contributed by atoms with Gasteiger partial charge in [-0.25, -0.2) is 0 Å². The van der Waals surface area contributed by atoms with Crippen molar-refractivity contribution >= 4 is 17.7 Å². The monoisotopic (exact) mass is 247 g/mol. The molecule has 1 saturated heterocycles. The predicted molar refractivity (Wildman–Crippen MR) is 66.1 cm³/mol. The zero-order valence-electron chi connectivity index (χ0n) is 10.1. The number of hydrogen-bond acceptors (Lipinski definition) is 4. The van der Waals surface area contributed by atoms with Crippen LogP contribution in [0.4, 0.5) is 5.69 Å². The molecule has 6 heteroatoms. The number of nitrogens with zero attached hydrogens (tertiary/aromatic N) is 1. The zero-order chi connectivity index (χ0) is 13.3. The van der Waals surface area contributed by atoms with Crippen molar-refractivity contribution in [1.29, 1.82) is 0 Å². The van der Waals surface area contributed by atoms with E-state index in [4.69, 9.17) is 0 Å². The molecule has 0 aliphatic carbocycles. The van der Waals surface area contributed by atoms with E-state index in [2.05, 4.69) is 10.9 Å². The van der Waals surface area contributed by atoms with Gasteiger partial charge in [-0.2, -0.15) is 0 Å². The van der Waals surface area contributed by atoms with Crippen LogP contribution in [0.1, 0.15) is 19.4 Å². The Balaban J connectivity index is 2.37. The summed E-state index contributed by atoms with van der Waals surface area (Å²) in [5.41, 5.74) is 6.04. The Morgan fingerprint density at radius 2 is 2.06 bits per heavy atom. The molecule has 2 N–H and O–H groups in total. The quantitative estimate of drug-likeness (QED) is 0.614. The van der Waals surface area contributed by atoms with Crippen molar-refractivity contribution < 1.29 is 9.72 Å². The fraction of sp³-hybridized carbons (Fsp3) is 0.250. The van der Waals surface area contributed by atoms with Crippen LogP contribution in [0.3, 0.4) is 0 Å². The molecule has 1 fully saturated rings. The lowest BCUT2D eigenvalue weighted by atomic mass is 9.89. The van der Waals surface area contributed by atoms with E-state index in [1.54, 1.807) is 32.1 Å². The van der Waals surface area contributed by atoms with Gasteiger partial charge >= 0.3 is 0 Å². The van der Waals surface area contributed by atoms with Gasteiger partial charge in [-0.1, -0.05) is 12.1 Å². The van der Waals surface area contributed by atoms with E-state index in [0.29, 0.717) is 11.3 Å². The van der Waals surface area contributed by atoms with Crippen LogP contribution in [-0.4, -0.2) is 10.8 Å². The molecule has 94 valence electrons. The lowest BCUT2D eigenvalue weighted by molar-refractivity contribution is -0.384. The highest BCUT2D eigenvalue weighted by Crippen LogP contribution is 2.29. The van der Waals surface area contributed by atoms with Gasteiger partial charge in [-0.3, -0.25) is 20.3 Å². The Kier molecular flexibility index (Phi) is 2.78. The van der Waals surface area contributed by atoms with Crippen molar-refractivity contribution in [2.24, 2.45) is 5.41 Å². The van der Waals surface area contributed by atoms with E-state index in [0.717, 1.165) is 0 Å². The summed E-state index contributed by atoms with van der Waals surface area (Å²) >= 11 is 0. The standard InChI is InChI=1S/C12H13N3O3/c1-12(2)10(13-14-11(12)16)7-8-4-3-5-9(6-8)15(17)18/h3-7,13H,1-2H3,(H,14,16)/b10-7-. The summed E-state index contributed by atoms with van der Waals surface area (Å²) in [5, 5.41) is 10.7. The van der Waals surface area contributed by atoms with Gasteiger partial charge in [0.05, 0.1) is 10.3 Å². The van der Waals surface area contributed by atoms with Gasteiger partial charge in [-0.05, 0) is 25.5 Å². The molecule has 1 amide bonds. The number of carbonyl (C=O) groups excluding carboxylic acids is 1. The molecule has 1 heterocycles. The van der Waals surface area contributed by atoms with E-state index in [1.165, 1.54) is 12.1 Å². The number of non-ortho nitro benzene ring substituents is 1. The smallest absolute Gasteiger partial charge is 0.270 e. The molecule has 0 saturated carbocycles. The molecular formula is C12H13N3O3. The minimum atomic E-state index is -0.662. The molecule has 1 aromatic carbocycles. The predicted octanol–water partition coefficient (Wildman–Crippen LogP) is 1.60. The van der Waals surface area contributed by atoms with Crippen molar-refractivity contribution in [2.45, 2.75) is 13.8 Å². The molecule has 1 aliphatic rings. The van der Waals surface area contributed by atoms with Crippen LogP contribution < -0.4 is 10.9 Å². The number of nitro groups is 1. The maximum Gasteiger partial charge on any atom is 0.270 e. The molecule has 1 aromatic rings. The second-order valence-electron chi connectivity index (χ2n) is 4.61. The van der Waals surface area contributed by atoms with Crippen LogP contribution in [-0.2, 0) is 4.79 Å². The highest BCUT2D eigenvalue weighted by molar-refractivity contribution is 5.89. The van der Waals surface area contributed by atoms with Gasteiger partial charge in [0.15, 0.2) is 0 Å². The van der Waals surface area contributed by atoms with Crippen molar-refractivity contribution in [3.05, 3.63) is 45.6 Å². The van der Waals surface area contributed by atoms with Gasteiger partial charge < -0.3 is 5.43 Å². The minimum Gasteiger partial charge on any atom is -0.302 e. The number of carbonyl (C=O) groups is 1. The fourth-order valence-electron chi connectivity index (χ4n) is 1.67. The van der Waals surface area contributed by atoms with Gasteiger partial charge in [0.25, 0.3) is 5.69 Å². The maximum absolute atomic E-state index is 11.5. The Bertz CT molecular complexity index is 549. The van der Waals surface area contributed by atoms with E-state index < -0.39 is 10.3 Å². The normalized spacial score (nSPS) is 19.4. The Morgan fingerprint density at radius 3 is 2.61 bits per heavy atom. The maximum atomic E-state index is 11.5. The minimum absolute atomic E-state index is 0.0273. The average molecular weight is 247 g/mol. The first-order valence-corrected chi connectivity index (χ1v) is 5.44. The summed E-state index contributed by atoms with van der Waals surface area (Å²) in [4.78, 5) is 21.8. The number of hydrazine groups is 1. The molecule has 0 aromatic heterocycles. The average Bonchev–Trinajstić information content (AvgIpc) is 2.56. The zero-order valence-corrected chi connectivity index (χ0v) is 10.1. The summed E-state index contributed by atoms with van der Waals surface area (Å²) < 4.78 is 0. The molecule has 0 bridgehead atoms. The highest BCUT2D eigenvalue weighted by Gasteiger charge is 2.37. The summed E-state index contributed by atoms with van der Waals surface area (Å²) in [7, 11) is 0. The topological polar surface area (TPSA) is 84.3 Å². The van der Waals surface area contributed by atoms with Crippen LogP contribution in [0.2, 0.25) is 0 Å². The third kappa shape index (κ3) is 2.04. The van der Waals surface area contributed by atoms with Gasteiger partial charge in [0.2, 0.25) is 5.91 Å². The second-order valence-corrected chi connectivity index (χ2v) is 4.61. The molecule has 0 radical (unpaired) electrons. The Morgan fingerprint density at radius 1 is 1.33 bits per heavy atom. The van der Waals surface area contributed by atoms with Gasteiger partial charge in [0.1, 0.15) is 0 Å². The van der Waals surface area contributed by atoms with Crippen molar-refractivity contribution in [3.8, 4) is 0 Å². The summed E-state index contributed by atoms with van der Waals surface area (Å²) in [5.74, 6) is -0.126. The summed E-state index contributed by atoms with van der Waals surface area (Å²) in [6, 6.07) is 6.26. The first kappa shape index (κ1) is 12.1. The van der Waals surface area contributed by atoms with Gasteiger partial charge in [-0.15, -0.1) is 0 Å². The molecule has 0 atom stereocenters. The lowest BCUT2D eigenvalue weighted by Crippen LogP contribution is -2.28. The number of nitrogens with one attached hydrogen (secondary N) is 2. The molecular weight excluding hydrogens is 234 g/mol. The molecule has 1 aliphatic heterocycles. The molecule has 6 nitrogen and oxygen atoms in total. The van der Waals surface area contributed by atoms with E-state index in [9.17, 15) is 14.9 Å². The molecule has 0 unspecified atom stereocenters. The van der Waals surface area contributed by atoms with E-state index in [-0.39, 0.29) is 11.6 Å². The van der Waals surface area contributed by atoms with Crippen LogP contribution >= 0.6 is 0 Å². The summed E-state index contributed by atoms with van der Waals surface area (Å²) in [6.07, 6.45) is 1.73. The molecule has 0 spiro atoms. The number of rotatable bonds is 2. The van der Waals surface area contributed by atoms with Crippen molar-refractivity contribution in [2.75, 3.05) is 0 Å². The Labute approximate surface area is 104 Å². The fourth-order valence-corrected chi connectivity index (χ4v) is 1.67. The van der Waals surface area contributed by atoms with E-state index >= 15 is 0 Å². The lowest BCUT2D eigenvalue weighted by Gasteiger charge is -2.14. The van der Waals surface area contributed by atoms with Crippen LogP contribution in [0, 0.1) is 15.5 Å². The first-order chi connectivity index (χ1) is 8.41. The molecule has 2 rings (SSSR count). The highest BCUT2D eigenvalue weighted by atomic mass is 16.6. The second kappa shape index (κ2) is 4.14. The van der Waals surface area contributed by atoms with Crippen molar-refractivity contribution in [3.63, 3.8) is 0 Å². The third-order valence-electron chi connectivity index (χ3n) is 2.94. The SMILES string of the molecule is CC1(C)C(=O)NN/C1=C\c1cccc([N+](=O)[O-])c1. The van der Waals surface area contributed by atoms with Gasteiger partial charge in [0, 0.05) is 17.8 Å². The number of amides is 1.